The van der Waals surface area contributed by atoms with E-state index in [2.05, 4.69) is 71.7 Å². The molecule has 0 saturated heterocycles. The van der Waals surface area contributed by atoms with Gasteiger partial charge in [0.1, 0.15) is 16.5 Å². The number of hydrogen-bond acceptors (Lipinski definition) is 5. The molecule has 0 aliphatic carbocycles. The lowest BCUT2D eigenvalue weighted by Crippen LogP contribution is -2.08. The number of hydrogen-bond donors (Lipinski definition) is 1. The van der Waals surface area contributed by atoms with Crippen molar-refractivity contribution in [2.24, 2.45) is 0 Å². The van der Waals surface area contributed by atoms with Crippen LogP contribution in [0.5, 0.6) is 0 Å². The standard InChI is InChI=1S/C23H24N4S/c1-4-19-15-20-22(24-17-10-12-18(13-11-17)27(2)3)25-21(26-23(20)28-19)14-16-8-6-5-7-9-16/h5-13,15H,4,14H2,1-3H3,(H,24,25,26). The third kappa shape index (κ3) is 3.99. The molecule has 2 heterocycles. The fourth-order valence-electron chi connectivity index (χ4n) is 3.12. The molecule has 0 aliphatic heterocycles. The van der Waals surface area contributed by atoms with Crippen molar-refractivity contribution in [2.45, 2.75) is 19.8 Å². The van der Waals surface area contributed by atoms with Gasteiger partial charge in [0.05, 0.1) is 5.39 Å². The van der Waals surface area contributed by atoms with Crippen LogP contribution >= 0.6 is 11.3 Å². The van der Waals surface area contributed by atoms with E-state index >= 15 is 0 Å². The Kier molecular flexibility index (Phi) is 5.26. The number of rotatable bonds is 6. The highest BCUT2D eigenvalue weighted by Gasteiger charge is 2.12. The molecule has 142 valence electrons. The summed E-state index contributed by atoms with van der Waals surface area (Å²) in [5.74, 6) is 1.72. The van der Waals surface area contributed by atoms with Crippen LogP contribution in [-0.4, -0.2) is 24.1 Å². The minimum atomic E-state index is 0.727. The normalized spacial score (nSPS) is 11.0. The number of anilines is 3. The summed E-state index contributed by atoms with van der Waals surface area (Å²) in [6.07, 6.45) is 1.73. The summed E-state index contributed by atoms with van der Waals surface area (Å²) < 4.78 is 0. The number of fused-ring (bicyclic) bond motifs is 1. The zero-order valence-corrected chi connectivity index (χ0v) is 17.3. The molecule has 0 aliphatic rings. The minimum absolute atomic E-state index is 0.727. The van der Waals surface area contributed by atoms with Gasteiger partial charge in [-0.2, -0.15) is 0 Å². The molecular weight excluding hydrogens is 364 g/mol. The Labute approximate surface area is 169 Å². The molecule has 1 N–H and O–H groups in total. The van der Waals surface area contributed by atoms with Crippen molar-refractivity contribution in [3.05, 3.63) is 76.9 Å². The molecule has 2 aromatic carbocycles. The van der Waals surface area contributed by atoms with Crippen LogP contribution in [0.4, 0.5) is 17.2 Å². The number of aromatic nitrogens is 2. The zero-order chi connectivity index (χ0) is 19.5. The van der Waals surface area contributed by atoms with Crippen LogP contribution < -0.4 is 10.2 Å². The van der Waals surface area contributed by atoms with Gasteiger partial charge in [-0.15, -0.1) is 11.3 Å². The van der Waals surface area contributed by atoms with Crippen molar-refractivity contribution in [3.63, 3.8) is 0 Å². The van der Waals surface area contributed by atoms with E-state index < -0.39 is 0 Å². The maximum absolute atomic E-state index is 4.87. The van der Waals surface area contributed by atoms with Gasteiger partial charge < -0.3 is 10.2 Å². The Morgan fingerprint density at radius 1 is 0.964 bits per heavy atom. The predicted octanol–water partition coefficient (Wildman–Crippen LogP) is 5.65. The number of nitrogens with one attached hydrogen (secondary N) is 1. The lowest BCUT2D eigenvalue weighted by molar-refractivity contribution is 1.000. The number of thiophene rings is 1. The van der Waals surface area contributed by atoms with Gasteiger partial charge in [0.15, 0.2) is 0 Å². The fourth-order valence-corrected chi connectivity index (χ4v) is 4.11. The van der Waals surface area contributed by atoms with Gasteiger partial charge in [-0.25, -0.2) is 9.97 Å². The summed E-state index contributed by atoms with van der Waals surface area (Å²) in [5, 5.41) is 4.61. The first-order chi connectivity index (χ1) is 13.6. The number of nitrogens with zero attached hydrogens (tertiary/aromatic N) is 3. The summed E-state index contributed by atoms with van der Waals surface area (Å²) in [7, 11) is 4.09. The third-order valence-electron chi connectivity index (χ3n) is 4.69. The van der Waals surface area contributed by atoms with Gasteiger partial charge in [-0.05, 0) is 42.3 Å². The molecule has 0 atom stereocenters. The Morgan fingerprint density at radius 2 is 1.71 bits per heavy atom. The molecule has 0 saturated carbocycles. The van der Waals surface area contributed by atoms with Gasteiger partial charge >= 0.3 is 0 Å². The fraction of sp³-hybridized carbons (Fsp3) is 0.217. The molecule has 2 aromatic heterocycles. The van der Waals surface area contributed by atoms with Crippen LogP contribution in [0, 0.1) is 0 Å². The summed E-state index contributed by atoms with van der Waals surface area (Å²) in [6, 6.07) is 21.0. The lowest BCUT2D eigenvalue weighted by Gasteiger charge is -2.14. The van der Waals surface area contributed by atoms with Crippen LogP contribution in [0.15, 0.2) is 60.7 Å². The van der Waals surface area contributed by atoms with E-state index in [1.54, 1.807) is 11.3 Å². The summed E-state index contributed by atoms with van der Waals surface area (Å²) in [6.45, 7) is 2.18. The number of benzene rings is 2. The highest BCUT2D eigenvalue weighted by atomic mass is 32.1. The van der Waals surface area contributed by atoms with Gasteiger partial charge in [-0.3, -0.25) is 0 Å². The summed E-state index contributed by atoms with van der Waals surface area (Å²) in [4.78, 5) is 14.2. The first kappa shape index (κ1) is 18.4. The van der Waals surface area contributed by atoms with Crippen molar-refractivity contribution in [3.8, 4) is 0 Å². The maximum Gasteiger partial charge on any atom is 0.142 e. The number of aryl methyl sites for hydroxylation is 1. The summed E-state index contributed by atoms with van der Waals surface area (Å²) >= 11 is 1.76. The first-order valence-corrected chi connectivity index (χ1v) is 10.3. The highest BCUT2D eigenvalue weighted by molar-refractivity contribution is 7.18. The average Bonchev–Trinajstić information content (AvgIpc) is 3.13. The second kappa shape index (κ2) is 7.98. The zero-order valence-electron chi connectivity index (χ0n) is 16.4. The smallest absolute Gasteiger partial charge is 0.142 e. The van der Waals surface area contributed by atoms with Crippen LogP contribution in [-0.2, 0) is 12.8 Å². The van der Waals surface area contributed by atoms with Crippen molar-refractivity contribution in [1.29, 1.82) is 0 Å². The van der Waals surface area contributed by atoms with Crippen molar-refractivity contribution >= 4 is 38.7 Å². The van der Waals surface area contributed by atoms with Crippen LogP contribution in [0.3, 0.4) is 0 Å². The van der Waals surface area contributed by atoms with Gasteiger partial charge in [-0.1, -0.05) is 37.3 Å². The molecule has 4 nitrogen and oxygen atoms in total. The molecule has 0 bridgehead atoms. The monoisotopic (exact) mass is 388 g/mol. The molecule has 4 rings (SSSR count). The maximum atomic E-state index is 4.87. The summed E-state index contributed by atoms with van der Waals surface area (Å²) in [5.41, 5.74) is 3.42. The SMILES string of the molecule is CCc1cc2c(Nc3ccc(N(C)C)cc3)nc(Cc3ccccc3)nc2s1. The molecular formula is C23H24N4S. The molecule has 28 heavy (non-hydrogen) atoms. The van der Waals surface area contributed by atoms with Gasteiger partial charge in [0.25, 0.3) is 0 Å². The van der Waals surface area contributed by atoms with E-state index in [0.29, 0.717) is 0 Å². The topological polar surface area (TPSA) is 41.0 Å². The largest absolute Gasteiger partial charge is 0.378 e. The second-order valence-electron chi connectivity index (χ2n) is 7.00. The van der Waals surface area contributed by atoms with Crippen LogP contribution in [0.2, 0.25) is 0 Å². The van der Waals surface area contributed by atoms with Crippen LogP contribution in [0.1, 0.15) is 23.2 Å². The molecule has 0 radical (unpaired) electrons. The molecule has 0 unspecified atom stereocenters. The molecule has 5 heteroatoms. The van der Waals surface area contributed by atoms with Crippen molar-refractivity contribution < 1.29 is 0 Å². The highest BCUT2D eigenvalue weighted by Crippen LogP contribution is 2.31. The average molecular weight is 389 g/mol. The van der Waals surface area contributed by atoms with E-state index in [0.717, 1.165) is 40.4 Å². The van der Waals surface area contributed by atoms with Gasteiger partial charge in [0, 0.05) is 36.8 Å². The lowest BCUT2D eigenvalue weighted by atomic mass is 10.1. The van der Waals surface area contributed by atoms with Crippen LogP contribution in [0.25, 0.3) is 10.2 Å². The Bertz CT molecular complexity index is 1070. The third-order valence-corrected chi connectivity index (χ3v) is 5.86. The van der Waals surface area contributed by atoms with E-state index in [4.69, 9.17) is 9.97 Å². The molecule has 0 fully saturated rings. The second-order valence-corrected chi connectivity index (χ2v) is 8.12. The molecule has 4 aromatic rings. The van der Waals surface area contributed by atoms with E-state index in [9.17, 15) is 0 Å². The van der Waals surface area contributed by atoms with E-state index in [1.807, 2.05) is 20.2 Å². The Morgan fingerprint density at radius 3 is 2.39 bits per heavy atom. The van der Waals surface area contributed by atoms with Gasteiger partial charge in [0.2, 0.25) is 0 Å². The predicted molar refractivity (Wildman–Crippen MR) is 120 cm³/mol. The van der Waals surface area contributed by atoms with Crippen molar-refractivity contribution in [2.75, 3.05) is 24.3 Å². The van der Waals surface area contributed by atoms with E-state index in [1.165, 1.54) is 16.1 Å². The first-order valence-electron chi connectivity index (χ1n) is 9.50. The minimum Gasteiger partial charge on any atom is -0.378 e. The van der Waals surface area contributed by atoms with E-state index in [-0.39, 0.29) is 0 Å². The van der Waals surface area contributed by atoms with Crippen molar-refractivity contribution in [1.82, 2.24) is 9.97 Å². The Balaban J connectivity index is 1.71. The quantitative estimate of drug-likeness (QED) is 0.463. The molecule has 0 amide bonds. The molecule has 0 spiro atoms. The Hall–Kier alpha value is -2.92.